The van der Waals surface area contributed by atoms with Crippen molar-refractivity contribution in [1.29, 1.82) is 0 Å². The molecule has 1 aromatic carbocycles. The van der Waals surface area contributed by atoms with Crippen LogP contribution in [0.25, 0.3) is 0 Å². The van der Waals surface area contributed by atoms with Gasteiger partial charge in [-0.25, -0.2) is 0 Å². The van der Waals surface area contributed by atoms with Gasteiger partial charge in [-0.2, -0.15) is 0 Å². The maximum Gasteiger partial charge on any atom is 0.0589 e. The van der Waals surface area contributed by atoms with Gasteiger partial charge in [0.15, 0.2) is 0 Å². The summed E-state index contributed by atoms with van der Waals surface area (Å²) in [6, 6.07) is 10.4. The highest BCUT2D eigenvalue weighted by Gasteiger charge is 2.06. The Kier molecular flexibility index (Phi) is 8.26. The Bertz CT molecular complexity index is 314. The molecule has 108 valence electrons. The fraction of sp³-hybridized carbons (Fsp3) is 0.625. The lowest BCUT2D eigenvalue weighted by atomic mass is 10.2. The Morgan fingerprint density at radius 3 is 2.53 bits per heavy atom. The minimum atomic E-state index is 0.707. The number of nitrogens with one attached hydrogen (secondary N) is 1. The number of nitrogens with zero attached hydrogens (tertiary/aromatic N) is 1. The second-order valence-electron chi connectivity index (χ2n) is 5.33. The van der Waals surface area contributed by atoms with Crippen LogP contribution in [-0.2, 0) is 4.74 Å². The standard InChI is InChI=1S/C16H28N2O/c1-15(2)14-18(12-13-19-3)11-7-10-17-16-8-5-4-6-9-16/h4-6,8-9,15,17H,7,10-14H2,1-3H3. The molecule has 1 rings (SSSR count). The summed E-state index contributed by atoms with van der Waals surface area (Å²) in [4.78, 5) is 2.49. The SMILES string of the molecule is COCCN(CCCNc1ccccc1)CC(C)C. The van der Waals surface area contributed by atoms with E-state index in [0.29, 0.717) is 5.92 Å². The molecule has 0 amide bonds. The van der Waals surface area contributed by atoms with Crippen LogP contribution in [0.5, 0.6) is 0 Å². The van der Waals surface area contributed by atoms with Crippen molar-refractivity contribution in [2.45, 2.75) is 20.3 Å². The summed E-state index contributed by atoms with van der Waals surface area (Å²) in [6.45, 7) is 9.67. The molecule has 0 aliphatic rings. The van der Waals surface area contributed by atoms with Gasteiger partial charge in [0.1, 0.15) is 0 Å². The van der Waals surface area contributed by atoms with Crippen molar-refractivity contribution in [2.75, 3.05) is 45.2 Å². The lowest BCUT2D eigenvalue weighted by Gasteiger charge is -2.24. The zero-order valence-electron chi connectivity index (χ0n) is 12.6. The average molecular weight is 264 g/mol. The molecule has 0 atom stereocenters. The lowest BCUT2D eigenvalue weighted by Crippen LogP contribution is -2.32. The third-order valence-corrected chi connectivity index (χ3v) is 2.99. The van der Waals surface area contributed by atoms with Gasteiger partial charge in [0, 0.05) is 32.4 Å². The fourth-order valence-corrected chi connectivity index (χ4v) is 2.12. The van der Waals surface area contributed by atoms with Crippen LogP contribution in [0.4, 0.5) is 5.69 Å². The van der Waals surface area contributed by atoms with Gasteiger partial charge in [-0.05, 0) is 31.0 Å². The molecule has 0 saturated carbocycles. The van der Waals surface area contributed by atoms with Gasteiger partial charge < -0.3 is 15.0 Å². The predicted molar refractivity (Wildman–Crippen MR) is 82.7 cm³/mol. The second kappa shape index (κ2) is 9.82. The number of rotatable bonds is 10. The first kappa shape index (κ1) is 16.0. The molecule has 19 heavy (non-hydrogen) atoms. The topological polar surface area (TPSA) is 24.5 Å². The van der Waals surface area contributed by atoms with Crippen molar-refractivity contribution in [3.8, 4) is 0 Å². The molecule has 3 nitrogen and oxygen atoms in total. The van der Waals surface area contributed by atoms with E-state index in [1.807, 2.05) is 6.07 Å². The van der Waals surface area contributed by atoms with Crippen molar-refractivity contribution in [3.63, 3.8) is 0 Å². The zero-order chi connectivity index (χ0) is 13.9. The summed E-state index contributed by atoms with van der Waals surface area (Å²) >= 11 is 0. The third-order valence-electron chi connectivity index (χ3n) is 2.99. The largest absolute Gasteiger partial charge is 0.385 e. The molecule has 0 fully saturated rings. The molecule has 0 saturated heterocycles. The molecule has 0 bridgehead atoms. The summed E-state index contributed by atoms with van der Waals surface area (Å²) in [6.07, 6.45) is 1.16. The van der Waals surface area contributed by atoms with E-state index in [0.717, 1.165) is 39.2 Å². The van der Waals surface area contributed by atoms with Gasteiger partial charge in [-0.1, -0.05) is 32.0 Å². The number of hydrogen-bond acceptors (Lipinski definition) is 3. The summed E-state index contributed by atoms with van der Waals surface area (Å²) < 4.78 is 5.17. The number of methoxy groups -OCH3 is 1. The zero-order valence-corrected chi connectivity index (χ0v) is 12.6. The average Bonchev–Trinajstić information content (AvgIpc) is 2.41. The van der Waals surface area contributed by atoms with Gasteiger partial charge >= 0.3 is 0 Å². The Balaban J connectivity index is 2.19. The van der Waals surface area contributed by atoms with E-state index < -0.39 is 0 Å². The fourth-order valence-electron chi connectivity index (χ4n) is 2.12. The molecule has 0 radical (unpaired) electrons. The monoisotopic (exact) mass is 264 g/mol. The predicted octanol–water partition coefficient (Wildman–Crippen LogP) is 3.09. The highest BCUT2D eigenvalue weighted by atomic mass is 16.5. The molecular formula is C16H28N2O. The number of ether oxygens (including phenoxy) is 1. The van der Waals surface area contributed by atoms with Crippen LogP contribution in [0.15, 0.2) is 30.3 Å². The van der Waals surface area contributed by atoms with Crippen LogP contribution in [0.1, 0.15) is 20.3 Å². The minimum absolute atomic E-state index is 0.707. The van der Waals surface area contributed by atoms with E-state index >= 15 is 0 Å². The van der Waals surface area contributed by atoms with E-state index in [2.05, 4.69) is 48.3 Å². The van der Waals surface area contributed by atoms with Gasteiger partial charge in [0.05, 0.1) is 6.61 Å². The molecular weight excluding hydrogens is 236 g/mol. The first-order valence-corrected chi connectivity index (χ1v) is 7.22. The van der Waals surface area contributed by atoms with Crippen molar-refractivity contribution in [1.82, 2.24) is 4.90 Å². The molecule has 0 aromatic heterocycles. The van der Waals surface area contributed by atoms with Crippen LogP contribution in [0.2, 0.25) is 0 Å². The number of anilines is 1. The van der Waals surface area contributed by atoms with Crippen molar-refractivity contribution < 1.29 is 4.74 Å². The molecule has 0 aliphatic carbocycles. The van der Waals surface area contributed by atoms with E-state index in [1.54, 1.807) is 7.11 Å². The maximum atomic E-state index is 5.17. The van der Waals surface area contributed by atoms with Crippen molar-refractivity contribution in [2.24, 2.45) is 5.92 Å². The van der Waals surface area contributed by atoms with Crippen LogP contribution < -0.4 is 5.32 Å². The molecule has 0 unspecified atom stereocenters. The van der Waals surface area contributed by atoms with Crippen LogP contribution >= 0.6 is 0 Å². The van der Waals surface area contributed by atoms with E-state index in [1.165, 1.54) is 5.69 Å². The number of benzene rings is 1. The minimum Gasteiger partial charge on any atom is -0.385 e. The Morgan fingerprint density at radius 1 is 1.16 bits per heavy atom. The lowest BCUT2D eigenvalue weighted by molar-refractivity contribution is 0.140. The maximum absolute atomic E-state index is 5.17. The smallest absolute Gasteiger partial charge is 0.0589 e. The van der Waals surface area contributed by atoms with E-state index in [4.69, 9.17) is 4.74 Å². The Morgan fingerprint density at radius 2 is 1.89 bits per heavy atom. The molecule has 0 aliphatic heterocycles. The molecule has 0 spiro atoms. The second-order valence-corrected chi connectivity index (χ2v) is 5.33. The van der Waals surface area contributed by atoms with Gasteiger partial charge in [0.2, 0.25) is 0 Å². The molecule has 1 aromatic rings. The highest BCUT2D eigenvalue weighted by Crippen LogP contribution is 2.05. The quantitative estimate of drug-likeness (QED) is 0.657. The summed E-state index contributed by atoms with van der Waals surface area (Å²) in [5.41, 5.74) is 1.20. The first-order valence-electron chi connectivity index (χ1n) is 7.22. The number of para-hydroxylation sites is 1. The van der Waals surface area contributed by atoms with Crippen molar-refractivity contribution >= 4 is 5.69 Å². The number of hydrogen-bond donors (Lipinski definition) is 1. The summed E-state index contributed by atoms with van der Waals surface area (Å²) in [5.74, 6) is 0.707. The van der Waals surface area contributed by atoms with E-state index in [9.17, 15) is 0 Å². The normalized spacial score (nSPS) is 11.2. The van der Waals surface area contributed by atoms with Crippen molar-refractivity contribution in [3.05, 3.63) is 30.3 Å². The van der Waals surface area contributed by atoms with Crippen LogP contribution in [-0.4, -0.2) is 44.8 Å². The van der Waals surface area contributed by atoms with Gasteiger partial charge in [0.25, 0.3) is 0 Å². The van der Waals surface area contributed by atoms with Crippen LogP contribution in [0.3, 0.4) is 0 Å². The molecule has 3 heteroatoms. The summed E-state index contributed by atoms with van der Waals surface area (Å²) in [5, 5.41) is 3.45. The molecule has 1 N–H and O–H groups in total. The highest BCUT2D eigenvalue weighted by molar-refractivity contribution is 5.42. The van der Waals surface area contributed by atoms with Gasteiger partial charge in [-0.3, -0.25) is 0 Å². The van der Waals surface area contributed by atoms with E-state index in [-0.39, 0.29) is 0 Å². The molecule has 0 heterocycles. The summed E-state index contributed by atoms with van der Waals surface area (Å²) in [7, 11) is 1.77. The van der Waals surface area contributed by atoms with Crippen LogP contribution in [0, 0.1) is 5.92 Å². The first-order chi connectivity index (χ1) is 9.22. The Labute approximate surface area is 118 Å². The van der Waals surface area contributed by atoms with Gasteiger partial charge in [-0.15, -0.1) is 0 Å². The Hall–Kier alpha value is -1.06. The third kappa shape index (κ3) is 7.85.